The smallest absolute Gasteiger partial charge is 0.191 e. The van der Waals surface area contributed by atoms with Crippen LogP contribution in [0.2, 0.25) is 0 Å². The first-order valence-electron chi connectivity index (χ1n) is 8.95. The number of nitrogens with zero attached hydrogens (tertiary/aromatic N) is 5. The van der Waals surface area contributed by atoms with E-state index in [1.165, 1.54) is 4.88 Å². The van der Waals surface area contributed by atoms with Crippen LogP contribution < -0.4 is 10.6 Å². The van der Waals surface area contributed by atoms with Gasteiger partial charge in [0.2, 0.25) is 0 Å². The third-order valence-electron chi connectivity index (χ3n) is 4.12. The minimum Gasteiger partial charge on any atom is -0.357 e. The molecule has 0 spiro atoms. The second kappa shape index (κ2) is 7.95. The average Bonchev–Trinajstić information content (AvgIpc) is 3.18. The van der Waals surface area contributed by atoms with E-state index in [9.17, 15) is 0 Å². The molecule has 3 rings (SSSR count). The number of hydrogen-bond donors (Lipinski definition) is 2. The van der Waals surface area contributed by atoms with E-state index in [0.717, 1.165) is 48.5 Å². The molecule has 7 nitrogen and oxygen atoms in total. The summed E-state index contributed by atoms with van der Waals surface area (Å²) in [6, 6.07) is 0.310. The number of aryl methyl sites for hydroxylation is 2. The van der Waals surface area contributed by atoms with Gasteiger partial charge in [0.15, 0.2) is 11.8 Å². The molecule has 0 fully saturated rings. The topological polar surface area (TPSA) is 80.0 Å². The molecule has 2 N–H and O–H groups in total. The third kappa shape index (κ3) is 4.56. The summed E-state index contributed by atoms with van der Waals surface area (Å²) in [4.78, 5) is 14.9. The van der Waals surface area contributed by atoms with E-state index in [-0.39, 0.29) is 0 Å². The molecule has 0 amide bonds. The Labute approximate surface area is 153 Å². The number of aromatic nitrogens is 4. The zero-order chi connectivity index (χ0) is 17.8. The minimum absolute atomic E-state index is 0.310. The van der Waals surface area contributed by atoms with Crippen LogP contribution in [0.3, 0.4) is 0 Å². The fraction of sp³-hybridized carbons (Fsp3) is 0.647. The Morgan fingerprint density at radius 2 is 2.32 bits per heavy atom. The fourth-order valence-corrected chi connectivity index (χ4v) is 3.54. The molecule has 0 radical (unpaired) electrons. The van der Waals surface area contributed by atoms with Crippen LogP contribution in [0.1, 0.15) is 54.6 Å². The van der Waals surface area contributed by atoms with Gasteiger partial charge in [0, 0.05) is 36.0 Å². The summed E-state index contributed by atoms with van der Waals surface area (Å²) in [5.41, 5.74) is 0. The van der Waals surface area contributed by atoms with E-state index in [1.807, 2.05) is 10.9 Å². The Bertz CT molecular complexity index is 731. The van der Waals surface area contributed by atoms with Gasteiger partial charge in [-0.25, -0.2) is 19.6 Å². The van der Waals surface area contributed by atoms with E-state index in [0.29, 0.717) is 18.5 Å². The van der Waals surface area contributed by atoms with Crippen molar-refractivity contribution in [3.8, 4) is 0 Å². The van der Waals surface area contributed by atoms with E-state index in [4.69, 9.17) is 0 Å². The van der Waals surface area contributed by atoms with Crippen LogP contribution in [0.4, 0.5) is 0 Å². The molecular weight excluding hydrogens is 334 g/mol. The summed E-state index contributed by atoms with van der Waals surface area (Å²) in [6.07, 6.45) is 3.88. The number of hydrogen-bond acceptors (Lipinski definition) is 5. The maximum absolute atomic E-state index is 4.68. The minimum atomic E-state index is 0.310. The van der Waals surface area contributed by atoms with Crippen LogP contribution in [0.15, 0.2) is 11.2 Å². The van der Waals surface area contributed by atoms with Gasteiger partial charge in [0.05, 0.1) is 13.1 Å². The monoisotopic (exact) mass is 361 g/mol. The van der Waals surface area contributed by atoms with E-state index >= 15 is 0 Å². The standard InChI is InChI=1S/C17H27N7S/c1-5-18-17(20-9-15-19-8-12(4)25-15)21-13-6-7-14-22-16(11(2)3)23-24(14)10-13/h8,11,13H,5-7,9-10H2,1-4H3,(H2,18,20,21). The van der Waals surface area contributed by atoms with Crippen molar-refractivity contribution in [1.29, 1.82) is 0 Å². The Morgan fingerprint density at radius 1 is 1.48 bits per heavy atom. The van der Waals surface area contributed by atoms with Gasteiger partial charge in [-0.15, -0.1) is 11.3 Å². The molecule has 2 aromatic heterocycles. The number of rotatable bonds is 5. The molecule has 25 heavy (non-hydrogen) atoms. The van der Waals surface area contributed by atoms with Gasteiger partial charge in [-0.05, 0) is 20.3 Å². The first kappa shape index (κ1) is 17.8. The molecule has 1 atom stereocenters. The van der Waals surface area contributed by atoms with Gasteiger partial charge in [-0.3, -0.25) is 0 Å². The normalized spacial score (nSPS) is 17.6. The van der Waals surface area contributed by atoms with E-state index in [1.54, 1.807) is 11.3 Å². The lowest BCUT2D eigenvalue weighted by Crippen LogP contribution is -2.47. The summed E-state index contributed by atoms with van der Waals surface area (Å²) in [5, 5.41) is 12.6. The molecule has 1 aliphatic heterocycles. The largest absolute Gasteiger partial charge is 0.357 e. The van der Waals surface area contributed by atoms with Crippen molar-refractivity contribution < 1.29 is 0 Å². The highest BCUT2D eigenvalue weighted by Crippen LogP contribution is 2.17. The lowest BCUT2D eigenvalue weighted by molar-refractivity contribution is 0.391. The Balaban J connectivity index is 1.64. The van der Waals surface area contributed by atoms with Gasteiger partial charge in [0.25, 0.3) is 0 Å². The molecule has 2 aromatic rings. The fourth-order valence-electron chi connectivity index (χ4n) is 2.83. The van der Waals surface area contributed by atoms with Crippen molar-refractivity contribution in [3.63, 3.8) is 0 Å². The van der Waals surface area contributed by atoms with Gasteiger partial charge in [0.1, 0.15) is 10.8 Å². The van der Waals surface area contributed by atoms with Crippen LogP contribution in [-0.2, 0) is 19.5 Å². The van der Waals surface area contributed by atoms with Gasteiger partial charge >= 0.3 is 0 Å². The van der Waals surface area contributed by atoms with Crippen molar-refractivity contribution in [2.75, 3.05) is 6.54 Å². The second-order valence-corrected chi connectivity index (χ2v) is 7.98. The molecule has 1 aliphatic rings. The molecule has 3 heterocycles. The first-order valence-corrected chi connectivity index (χ1v) is 9.76. The average molecular weight is 362 g/mol. The second-order valence-electron chi connectivity index (χ2n) is 6.66. The highest BCUT2D eigenvalue weighted by Gasteiger charge is 2.23. The Hall–Kier alpha value is -1.96. The molecule has 136 valence electrons. The summed E-state index contributed by atoms with van der Waals surface area (Å²) in [5.74, 6) is 3.25. The lowest BCUT2D eigenvalue weighted by Gasteiger charge is -2.25. The number of fused-ring (bicyclic) bond motifs is 1. The number of guanidine groups is 1. The van der Waals surface area contributed by atoms with Crippen molar-refractivity contribution in [3.05, 3.63) is 27.7 Å². The van der Waals surface area contributed by atoms with Crippen molar-refractivity contribution in [2.45, 2.75) is 65.6 Å². The van der Waals surface area contributed by atoms with Gasteiger partial charge in [-0.2, -0.15) is 5.10 Å². The molecule has 0 saturated carbocycles. The molecule has 0 saturated heterocycles. The molecule has 0 bridgehead atoms. The third-order valence-corrected chi connectivity index (χ3v) is 5.02. The van der Waals surface area contributed by atoms with Gasteiger partial charge < -0.3 is 10.6 Å². The van der Waals surface area contributed by atoms with Crippen molar-refractivity contribution in [1.82, 2.24) is 30.4 Å². The van der Waals surface area contributed by atoms with Crippen molar-refractivity contribution in [2.24, 2.45) is 4.99 Å². The molecular formula is C17H27N7S. The van der Waals surface area contributed by atoms with E-state index < -0.39 is 0 Å². The summed E-state index contributed by atoms with van der Waals surface area (Å²) in [7, 11) is 0. The zero-order valence-corrected chi connectivity index (χ0v) is 16.2. The number of aliphatic imine (C=N–C) groups is 1. The SMILES string of the molecule is CCNC(=NCc1ncc(C)s1)NC1CCc2nc(C(C)C)nn2C1. The summed E-state index contributed by atoms with van der Waals surface area (Å²) >= 11 is 1.69. The highest BCUT2D eigenvalue weighted by atomic mass is 32.1. The highest BCUT2D eigenvalue weighted by molar-refractivity contribution is 7.11. The van der Waals surface area contributed by atoms with Crippen molar-refractivity contribution >= 4 is 17.3 Å². The Kier molecular flexibility index (Phi) is 5.67. The van der Waals surface area contributed by atoms with Crippen LogP contribution in [-0.4, -0.2) is 38.3 Å². The van der Waals surface area contributed by atoms with Crippen LogP contribution >= 0.6 is 11.3 Å². The summed E-state index contributed by atoms with van der Waals surface area (Å²) in [6.45, 7) is 10.7. The molecule has 8 heteroatoms. The van der Waals surface area contributed by atoms with E-state index in [2.05, 4.69) is 58.4 Å². The predicted molar refractivity (Wildman–Crippen MR) is 101 cm³/mol. The number of thiazole rings is 1. The van der Waals surface area contributed by atoms with Gasteiger partial charge in [-0.1, -0.05) is 13.8 Å². The zero-order valence-electron chi connectivity index (χ0n) is 15.4. The quantitative estimate of drug-likeness (QED) is 0.631. The molecule has 1 unspecified atom stereocenters. The maximum atomic E-state index is 4.68. The first-order chi connectivity index (χ1) is 12.0. The summed E-state index contributed by atoms with van der Waals surface area (Å²) < 4.78 is 2.05. The Morgan fingerprint density at radius 3 is 3.00 bits per heavy atom. The number of nitrogens with one attached hydrogen (secondary N) is 2. The molecule has 0 aliphatic carbocycles. The van der Waals surface area contributed by atoms with Crippen LogP contribution in [0.5, 0.6) is 0 Å². The van der Waals surface area contributed by atoms with Crippen LogP contribution in [0.25, 0.3) is 0 Å². The molecule has 0 aromatic carbocycles. The maximum Gasteiger partial charge on any atom is 0.191 e. The lowest BCUT2D eigenvalue weighted by atomic mass is 10.1. The predicted octanol–water partition coefficient (Wildman–Crippen LogP) is 2.24. The van der Waals surface area contributed by atoms with Crippen LogP contribution in [0, 0.1) is 6.92 Å².